The molecule has 0 bridgehead atoms. The van der Waals surface area contributed by atoms with Crippen molar-refractivity contribution in [2.24, 2.45) is 0 Å². The highest BCUT2D eigenvalue weighted by molar-refractivity contribution is 6.01. The minimum Gasteiger partial charge on any atom is -0.382 e. The summed E-state index contributed by atoms with van der Waals surface area (Å²) in [6.07, 6.45) is 6.57. The van der Waals surface area contributed by atoms with Crippen LogP contribution in [0, 0.1) is 0 Å². The van der Waals surface area contributed by atoms with Crippen LogP contribution < -0.4 is 10.6 Å². The lowest BCUT2D eigenvalue weighted by atomic mass is 9.98. The predicted molar refractivity (Wildman–Crippen MR) is 97.0 cm³/mol. The van der Waals surface area contributed by atoms with Crippen LogP contribution in [0.5, 0.6) is 0 Å². The van der Waals surface area contributed by atoms with Crippen LogP contribution in [-0.2, 0) is 6.42 Å². The molecule has 0 saturated carbocycles. The van der Waals surface area contributed by atoms with Crippen LogP contribution in [0.1, 0.15) is 52.6 Å². The minimum absolute atomic E-state index is 0.0158. The molecule has 1 fully saturated rings. The molecule has 1 saturated heterocycles. The number of carbonyl (C=O) groups excluding carboxylic acids is 2. The molecule has 1 aromatic heterocycles. The molecule has 2 aromatic rings. The Labute approximate surface area is 147 Å². The van der Waals surface area contributed by atoms with Gasteiger partial charge in [-0.15, -0.1) is 0 Å². The minimum atomic E-state index is -0.190. The first-order valence-electron chi connectivity index (χ1n) is 8.55. The van der Waals surface area contributed by atoms with Crippen molar-refractivity contribution >= 4 is 23.1 Å². The number of Topliss-reactive ketones (excluding diaryl/α,β-unsaturated/α-hetero) is 2. The molecule has 3 rings (SSSR count). The van der Waals surface area contributed by atoms with Gasteiger partial charge >= 0.3 is 0 Å². The summed E-state index contributed by atoms with van der Waals surface area (Å²) in [4.78, 5) is 34.7. The molecule has 2 N–H and O–H groups in total. The summed E-state index contributed by atoms with van der Waals surface area (Å²) in [7, 11) is 0. The van der Waals surface area contributed by atoms with E-state index >= 15 is 0 Å². The number of benzene rings is 1. The molecule has 1 aliphatic heterocycles. The standard InChI is InChI=1S/C19H22N4O2/c1-13(24)14-5-6-16(23-9-3-2-4-10-23)15(11-14)12-17(25)18-19(20)22-8-7-21-18/h5-8,11H,2-4,9-10,12H2,1H3,(H2,20,22). The van der Waals surface area contributed by atoms with E-state index in [0.29, 0.717) is 5.56 Å². The zero-order chi connectivity index (χ0) is 17.8. The fourth-order valence-electron chi connectivity index (χ4n) is 3.21. The van der Waals surface area contributed by atoms with E-state index in [2.05, 4.69) is 14.9 Å². The number of carbonyl (C=O) groups is 2. The number of piperidine rings is 1. The lowest BCUT2D eigenvalue weighted by Crippen LogP contribution is -2.30. The number of nitrogen functional groups attached to an aromatic ring is 1. The van der Waals surface area contributed by atoms with Crippen LogP contribution in [0.25, 0.3) is 0 Å². The summed E-state index contributed by atoms with van der Waals surface area (Å²) in [5.41, 5.74) is 8.42. The molecule has 0 radical (unpaired) electrons. The summed E-state index contributed by atoms with van der Waals surface area (Å²) in [5.74, 6) is -0.0720. The van der Waals surface area contributed by atoms with Crippen molar-refractivity contribution in [2.45, 2.75) is 32.6 Å². The first kappa shape index (κ1) is 17.1. The Kier molecular flexibility index (Phi) is 5.07. The quantitative estimate of drug-likeness (QED) is 0.843. The van der Waals surface area contributed by atoms with Crippen LogP contribution in [-0.4, -0.2) is 34.6 Å². The normalized spacial score (nSPS) is 14.4. The Morgan fingerprint density at radius 2 is 1.84 bits per heavy atom. The van der Waals surface area contributed by atoms with Crippen LogP contribution in [0.4, 0.5) is 11.5 Å². The van der Waals surface area contributed by atoms with Crippen LogP contribution >= 0.6 is 0 Å². The lowest BCUT2D eigenvalue weighted by Gasteiger charge is -2.30. The van der Waals surface area contributed by atoms with Crippen molar-refractivity contribution in [1.82, 2.24) is 9.97 Å². The second-order valence-corrected chi connectivity index (χ2v) is 6.34. The van der Waals surface area contributed by atoms with Gasteiger partial charge in [0.2, 0.25) is 0 Å². The van der Waals surface area contributed by atoms with Gasteiger partial charge in [-0.3, -0.25) is 9.59 Å². The average molecular weight is 338 g/mol. The van der Waals surface area contributed by atoms with Crippen molar-refractivity contribution in [2.75, 3.05) is 23.7 Å². The molecule has 0 amide bonds. The Morgan fingerprint density at radius 1 is 1.12 bits per heavy atom. The Hall–Kier alpha value is -2.76. The summed E-state index contributed by atoms with van der Waals surface area (Å²) in [5, 5.41) is 0. The third-order valence-corrected chi connectivity index (χ3v) is 4.52. The first-order chi connectivity index (χ1) is 12.1. The van der Waals surface area contributed by atoms with Gasteiger partial charge in [0.05, 0.1) is 0 Å². The number of nitrogens with two attached hydrogens (primary N) is 1. The van der Waals surface area contributed by atoms with E-state index in [1.165, 1.54) is 25.7 Å². The molecule has 1 aliphatic rings. The number of nitrogens with zero attached hydrogens (tertiary/aromatic N) is 3. The molecule has 6 nitrogen and oxygen atoms in total. The zero-order valence-corrected chi connectivity index (χ0v) is 14.4. The van der Waals surface area contributed by atoms with Gasteiger partial charge in [0, 0.05) is 43.2 Å². The van der Waals surface area contributed by atoms with E-state index in [9.17, 15) is 9.59 Å². The summed E-state index contributed by atoms with van der Waals surface area (Å²) >= 11 is 0. The summed E-state index contributed by atoms with van der Waals surface area (Å²) in [6.45, 7) is 3.46. The third kappa shape index (κ3) is 3.84. The predicted octanol–water partition coefficient (Wildman–Crippen LogP) is 2.68. The van der Waals surface area contributed by atoms with Crippen molar-refractivity contribution in [3.05, 3.63) is 47.4 Å². The van der Waals surface area contributed by atoms with E-state index in [1.54, 1.807) is 0 Å². The molecule has 25 heavy (non-hydrogen) atoms. The molecule has 0 aliphatic carbocycles. The largest absolute Gasteiger partial charge is 0.382 e. The van der Waals surface area contributed by atoms with Crippen molar-refractivity contribution in [3.63, 3.8) is 0 Å². The molecular formula is C19H22N4O2. The van der Waals surface area contributed by atoms with E-state index < -0.39 is 0 Å². The van der Waals surface area contributed by atoms with Gasteiger partial charge in [-0.05, 0) is 49.9 Å². The van der Waals surface area contributed by atoms with Gasteiger partial charge in [0.25, 0.3) is 0 Å². The maximum absolute atomic E-state index is 12.7. The second-order valence-electron chi connectivity index (χ2n) is 6.34. The first-order valence-corrected chi connectivity index (χ1v) is 8.55. The van der Waals surface area contributed by atoms with Gasteiger partial charge in [0.1, 0.15) is 5.69 Å². The number of anilines is 2. The van der Waals surface area contributed by atoms with E-state index in [0.717, 1.165) is 37.2 Å². The van der Waals surface area contributed by atoms with Gasteiger partial charge in [-0.1, -0.05) is 0 Å². The van der Waals surface area contributed by atoms with Crippen LogP contribution in [0.3, 0.4) is 0 Å². The monoisotopic (exact) mass is 338 g/mol. The van der Waals surface area contributed by atoms with Crippen molar-refractivity contribution in [1.29, 1.82) is 0 Å². The summed E-state index contributed by atoms with van der Waals surface area (Å²) < 4.78 is 0. The number of hydrogen-bond acceptors (Lipinski definition) is 6. The molecule has 0 unspecified atom stereocenters. The zero-order valence-electron chi connectivity index (χ0n) is 14.4. The van der Waals surface area contributed by atoms with E-state index in [1.807, 2.05) is 18.2 Å². The van der Waals surface area contributed by atoms with E-state index in [-0.39, 0.29) is 29.5 Å². The molecule has 130 valence electrons. The molecule has 0 spiro atoms. The third-order valence-electron chi connectivity index (χ3n) is 4.52. The second kappa shape index (κ2) is 7.42. The average Bonchev–Trinajstić information content (AvgIpc) is 2.62. The van der Waals surface area contributed by atoms with Crippen LogP contribution in [0.15, 0.2) is 30.6 Å². The number of aromatic nitrogens is 2. The highest BCUT2D eigenvalue weighted by atomic mass is 16.1. The summed E-state index contributed by atoms with van der Waals surface area (Å²) in [6, 6.07) is 5.60. The number of rotatable bonds is 5. The van der Waals surface area contributed by atoms with Gasteiger partial charge in [-0.25, -0.2) is 9.97 Å². The van der Waals surface area contributed by atoms with Crippen molar-refractivity contribution in [3.8, 4) is 0 Å². The van der Waals surface area contributed by atoms with Gasteiger partial charge < -0.3 is 10.6 Å². The highest BCUT2D eigenvalue weighted by Crippen LogP contribution is 2.27. The number of hydrogen-bond donors (Lipinski definition) is 1. The van der Waals surface area contributed by atoms with Crippen LogP contribution in [0.2, 0.25) is 0 Å². The van der Waals surface area contributed by atoms with Gasteiger partial charge in [-0.2, -0.15) is 0 Å². The maximum atomic E-state index is 12.7. The fraction of sp³-hybridized carbons (Fsp3) is 0.368. The molecule has 2 heterocycles. The molecular weight excluding hydrogens is 316 g/mol. The molecule has 6 heteroatoms. The smallest absolute Gasteiger partial charge is 0.189 e. The number of ketones is 2. The Morgan fingerprint density at radius 3 is 2.52 bits per heavy atom. The maximum Gasteiger partial charge on any atom is 0.189 e. The molecule has 1 aromatic carbocycles. The Balaban J connectivity index is 1.94. The van der Waals surface area contributed by atoms with Crippen molar-refractivity contribution < 1.29 is 9.59 Å². The fourth-order valence-corrected chi connectivity index (χ4v) is 3.21. The molecule has 0 atom stereocenters. The SMILES string of the molecule is CC(=O)c1ccc(N2CCCCC2)c(CC(=O)c2nccnc2N)c1. The van der Waals surface area contributed by atoms with Gasteiger partial charge in [0.15, 0.2) is 17.4 Å². The lowest BCUT2D eigenvalue weighted by molar-refractivity contribution is 0.0984. The highest BCUT2D eigenvalue weighted by Gasteiger charge is 2.20. The topological polar surface area (TPSA) is 89.2 Å². The van der Waals surface area contributed by atoms with E-state index in [4.69, 9.17) is 5.73 Å². The Bertz CT molecular complexity index is 798.